The second kappa shape index (κ2) is 5.51. The average molecular weight is 301 g/mol. The van der Waals surface area contributed by atoms with Crippen LogP contribution in [0.3, 0.4) is 0 Å². The minimum absolute atomic E-state index is 0.0939. The van der Waals surface area contributed by atoms with Crippen LogP contribution in [0.4, 0.5) is 8.78 Å². The van der Waals surface area contributed by atoms with Crippen molar-refractivity contribution in [1.82, 2.24) is 4.57 Å². The molecule has 0 radical (unpaired) electrons. The van der Waals surface area contributed by atoms with Crippen molar-refractivity contribution in [3.63, 3.8) is 0 Å². The molecule has 0 unspecified atom stereocenters. The summed E-state index contributed by atoms with van der Waals surface area (Å²) in [6, 6.07) is 10.7. The van der Waals surface area contributed by atoms with E-state index in [2.05, 4.69) is 11.8 Å². The van der Waals surface area contributed by atoms with Crippen molar-refractivity contribution in [2.75, 3.05) is 0 Å². The van der Waals surface area contributed by atoms with Crippen molar-refractivity contribution < 1.29 is 8.78 Å². The predicted molar refractivity (Wildman–Crippen MR) is 79.3 cm³/mol. The molecule has 0 N–H and O–H groups in total. The summed E-state index contributed by atoms with van der Waals surface area (Å²) in [5, 5.41) is 0. The molecule has 0 amide bonds. The highest BCUT2D eigenvalue weighted by molar-refractivity contribution is 7.16. The minimum atomic E-state index is -0.421. The summed E-state index contributed by atoms with van der Waals surface area (Å²) >= 11 is 0.845. The van der Waals surface area contributed by atoms with Crippen molar-refractivity contribution in [2.45, 2.75) is 6.54 Å². The Hall–Kier alpha value is -2.45. The maximum absolute atomic E-state index is 13.6. The maximum atomic E-state index is 13.6. The number of hydrogen-bond donors (Lipinski definition) is 0. The smallest absolute Gasteiger partial charge is 0.287 e. The molecule has 1 heterocycles. The Balaban J connectivity index is 1.97. The van der Waals surface area contributed by atoms with E-state index in [1.165, 1.54) is 16.7 Å². The highest BCUT2D eigenvalue weighted by atomic mass is 32.1. The van der Waals surface area contributed by atoms with E-state index < -0.39 is 11.6 Å². The molecule has 3 aromatic rings. The van der Waals surface area contributed by atoms with Gasteiger partial charge in [0.15, 0.2) is 0 Å². The van der Waals surface area contributed by atoms with Crippen molar-refractivity contribution in [3.8, 4) is 11.8 Å². The summed E-state index contributed by atoms with van der Waals surface area (Å²) in [5.41, 5.74) is 0.782. The molecule has 0 aliphatic carbocycles. The van der Waals surface area contributed by atoms with Crippen molar-refractivity contribution in [2.24, 2.45) is 0 Å². The lowest BCUT2D eigenvalue weighted by Gasteiger charge is -1.97. The third-order valence-corrected chi connectivity index (χ3v) is 3.98. The molecule has 0 saturated carbocycles. The molecule has 0 aliphatic rings. The Morgan fingerprint density at radius 2 is 1.81 bits per heavy atom. The van der Waals surface area contributed by atoms with Gasteiger partial charge in [0.2, 0.25) is 0 Å². The van der Waals surface area contributed by atoms with Gasteiger partial charge >= 0.3 is 4.87 Å². The van der Waals surface area contributed by atoms with E-state index in [0.29, 0.717) is 10.2 Å². The molecule has 0 bridgehead atoms. The topological polar surface area (TPSA) is 22.0 Å². The number of fused-ring (bicyclic) bond motifs is 1. The van der Waals surface area contributed by atoms with E-state index in [-0.39, 0.29) is 17.0 Å². The van der Waals surface area contributed by atoms with Crippen molar-refractivity contribution in [1.29, 1.82) is 0 Å². The molecule has 5 heteroatoms. The van der Waals surface area contributed by atoms with Gasteiger partial charge in [-0.05, 0) is 24.3 Å². The van der Waals surface area contributed by atoms with Crippen LogP contribution in [0.15, 0.2) is 47.3 Å². The lowest BCUT2D eigenvalue weighted by Crippen LogP contribution is -2.11. The van der Waals surface area contributed by atoms with Gasteiger partial charge < -0.3 is 0 Å². The van der Waals surface area contributed by atoms with Gasteiger partial charge in [-0.25, -0.2) is 8.78 Å². The van der Waals surface area contributed by atoms with Crippen LogP contribution in [0.1, 0.15) is 5.56 Å². The van der Waals surface area contributed by atoms with Gasteiger partial charge in [-0.3, -0.25) is 9.36 Å². The minimum Gasteiger partial charge on any atom is -0.287 e. The zero-order valence-corrected chi connectivity index (χ0v) is 11.6. The molecular formula is C16H9F2NOS. The molecule has 0 saturated heterocycles. The maximum Gasteiger partial charge on any atom is 0.309 e. The first kappa shape index (κ1) is 13.5. The number of aromatic nitrogens is 1. The largest absolute Gasteiger partial charge is 0.309 e. The van der Waals surface area contributed by atoms with Crippen LogP contribution in [0.5, 0.6) is 0 Å². The zero-order chi connectivity index (χ0) is 14.8. The van der Waals surface area contributed by atoms with E-state index >= 15 is 0 Å². The fourth-order valence-electron chi connectivity index (χ4n) is 1.98. The van der Waals surface area contributed by atoms with Crippen LogP contribution in [0.2, 0.25) is 0 Å². The summed E-state index contributed by atoms with van der Waals surface area (Å²) in [7, 11) is 0. The van der Waals surface area contributed by atoms with Gasteiger partial charge in [-0.1, -0.05) is 41.4 Å². The van der Waals surface area contributed by atoms with Gasteiger partial charge in [0.1, 0.15) is 11.6 Å². The first-order valence-corrected chi connectivity index (χ1v) is 7.00. The fourth-order valence-corrected chi connectivity index (χ4v) is 2.87. The lowest BCUT2D eigenvalue weighted by molar-refractivity contribution is 0.624. The zero-order valence-electron chi connectivity index (χ0n) is 10.8. The Labute approximate surface area is 123 Å². The van der Waals surface area contributed by atoms with Crippen LogP contribution < -0.4 is 4.87 Å². The Bertz CT molecular complexity index is 931. The highest BCUT2D eigenvalue weighted by Gasteiger charge is 2.09. The third kappa shape index (κ3) is 2.58. The van der Waals surface area contributed by atoms with Gasteiger partial charge in [0, 0.05) is 0 Å². The molecular weight excluding hydrogens is 292 g/mol. The van der Waals surface area contributed by atoms with Crippen LogP contribution in [0.25, 0.3) is 10.2 Å². The summed E-state index contributed by atoms with van der Waals surface area (Å²) in [4.78, 5) is 11.6. The van der Waals surface area contributed by atoms with E-state index in [1.807, 2.05) is 0 Å². The summed E-state index contributed by atoms with van der Waals surface area (Å²) < 4.78 is 28.7. The van der Waals surface area contributed by atoms with Gasteiger partial charge in [0.25, 0.3) is 0 Å². The van der Waals surface area contributed by atoms with Crippen LogP contribution >= 0.6 is 11.3 Å². The molecule has 2 aromatic carbocycles. The molecule has 0 spiro atoms. The number of rotatable bonds is 1. The molecule has 1 aromatic heterocycles. The second-order valence-corrected chi connectivity index (χ2v) is 5.29. The Morgan fingerprint density at radius 3 is 2.62 bits per heavy atom. The molecule has 3 rings (SSSR count). The molecule has 0 fully saturated rings. The summed E-state index contributed by atoms with van der Waals surface area (Å²) in [5.74, 6) is 4.61. The highest BCUT2D eigenvalue weighted by Crippen LogP contribution is 2.20. The first-order chi connectivity index (χ1) is 10.2. The molecule has 0 aliphatic heterocycles. The number of benzene rings is 2. The van der Waals surface area contributed by atoms with E-state index in [4.69, 9.17) is 0 Å². The van der Waals surface area contributed by atoms with E-state index in [9.17, 15) is 13.6 Å². The van der Waals surface area contributed by atoms with Gasteiger partial charge in [-0.15, -0.1) is 0 Å². The number of hydrogen-bond acceptors (Lipinski definition) is 2. The molecule has 104 valence electrons. The van der Waals surface area contributed by atoms with Crippen LogP contribution in [-0.2, 0) is 6.54 Å². The van der Waals surface area contributed by atoms with E-state index in [1.54, 1.807) is 30.3 Å². The Kier molecular flexibility index (Phi) is 3.55. The molecule has 2 nitrogen and oxygen atoms in total. The Morgan fingerprint density at radius 1 is 1.05 bits per heavy atom. The summed E-state index contributed by atoms with van der Waals surface area (Å²) in [6.07, 6.45) is 0. The SMILES string of the molecule is O=c1sc2c(F)cccc2n1CC#Cc1ccccc1F. The summed E-state index contributed by atoms with van der Waals surface area (Å²) in [6.45, 7) is 0.0939. The predicted octanol–water partition coefficient (Wildman–Crippen LogP) is 3.39. The number of thiazole rings is 1. The van der Waals surface area contributed by atoms with Crippen molar-refractivity contribution >= 4 is 21.6 Å². The fraction of sp³-hybridized carbons (Fsp3) is 0.0625. The molecule has 0 atom stereocenters. The monoisotopic (exact) mass is 301 g/mol. The third-order valence-electron chi connectivity index (χ3n) is 2.98. The first-order valence-electron chi connectivity index (χ1n) is 6.18. The van der Waals surface area contributed by atoms with Crippen LogP contribution in [-0.4, -0.2) is 4.57 Å². The van der Waals surface area contributed by atoms with Gasteiger partial charge in [0.05, 0.1) is 22.3 Å². The number of halogens is 2. The van der Waals surface area contributed by atoms with Crippen molar-refractivity contribution in [3.05, 3.63) is 69.3 Å². The molecule has 21 heavy (non-hydrogen) atoms. The quantitative estimate of drug-likeness (QED) is 0.632. The van der Waals surface area contributed by atoms with E-state index in [0.717, 1.165) is 11.3 Å². The standard InChI is InChI=1S/C16H9F2NOS/c17-12-7-2-1-5-11(12)6-4-10-19-14-9-3-8-13(18)15(14)21-16(19)20/h1-3,5,7-9H,10H2. The second-order valence-electron chi connectivity index (χ2n) is 4.32. The number of nitrogens with zero attached hydrogens (tertiary/aromatic N) is 1. The average Bonchev–Trinajstić information content (AvgIpc) is 2.79. The lowest BCUT2D eigenvalue weighted by atomic mass is 10.2. The normalized spacial score (nSPS) is 10.4. The van der Waals surface area contributed by atoms with Crippen LogP contribution in [0, 0.1) is 23.5 Å². The van der Waals surface area contributed by atoms with Gasteiger partial charge in [-0.2, -0.15) is 0 Å².